The number of imidazole rings is 1. The number of amides is 1. The molecule has 0 spiro atoms. The molecule has 2 heterocycles. The lowest BCUT2D eigenvalue weighted by atomic mass is 10.1. The molecule has 3 aromatic rings. The molecule has 24 heavy (non-hydrogen) atoms. The second-order valence-corrected chi connectivity index (χ2v) is 7.29. The molecule has 1 amide bonds. The van der Waals surface area contributed by atoms with Crippen LogP contribution in [-0.2, 0) is 24.8 Å². The Morgan fingerprint density at radius 1 is 1.42 bits per heavy atom. The molecule has 2 aromatic heterocycles. The van der Waals surface area contributed by atoms with Gasteiger partial charge in [0.25, 0.3) is 0 Å². The van der Waals surface area contributed by atoms with Crippen molar-refractivity contribution < 1.29 is 4.79 Å². The quantitative estimate of drug-likeness (QED) is 0.693. The summed E-state index contributed by atoms with van der Waals surface area (Å²) >= 11 is 1.65. The molecule has 0 atom stereocenters. The van der Waals surface area contributed by atoms with Crippen molar-refractivity contribution in [1.29, 1.82) is 0 Å². The van der Waals surface area contributed by atoms with E-state index >= 15 is 0 Å². The lowest BCUT2D eigenvalue weighted by Gasteiger charge is -2.22. The maximum atomic E-state index is 12.7. The van der Waals surface area contributed by atoms with Crippen LogP contribution in [0, 0.1) is 0 Å². The van der Waals surface area contributed by atoms with Crippen molar-refractivity contribution in [3.8, 4) is 0 Å². The van der Waals surface area contributed by atoms with Gasteiger partial charge in [0.1, 0.15) is 0 Å². The number of carbonyl (C=O) groups is 1. The highest BCUT2D eigenvalue weighted by Gasteiger charge is 2.32. The smallest absolute Gasteiger partial charge is 0.223 e. The molecular weight excluding hydrogens is 320 g/mol. The fourth-order valence-corrected chi connectivity index (χ4v) is 3.71. The molecule has 5 nitrogen and oxygen atoms in total. The fourth-order valence-electron chi connectivity index (χ4n) is 2.97. The Kier molecular flexibility index (Phi) is 4.06. The molecule has 1 fully saturated rings. The van der Waals surface area contributed by atoms with Gasteiger partial charge in [0, 0.05) is 25.7 Å². The molecular formula is C18H20N4OS. The van der Waals surface area contributed by atoms with Crippen LogP contribution < -0.4 is 0 Å². The Morgan fingerprint density at radius 3 is 3.04 bits per heavy atom. The number of benzene rings is 1. The van der Waals surface area contributed by atoms with E-state index < -0.39 is 0 Å². The van der Waals surface area contributed by atoms with E-state index in [1.807, 2.05) is 34.3 Å². The van der Waals surface area contributed by atoms with E-state index in [9.17, 15) is 4.79 Å². The van der Waals surface area contributed by atoms with Crippen LogP contribution in [0.3, 0.4) is 0 Å². The first-order chi connectivity index (χ1) is 11.7. The highest BCUT2D eigenvalue weighted by Crippen LogP contribution is 2.29. The summed E-state index contributed by atoms with van der Waals surface area (Å²) in [4.78, 5) is 23.2. The maximum Gasteiger partial charge on any atom is 0.223 e. The van der Waals surface area contributed by atoms with Gasteiger partial charge < -0.3 is 9.47 Å². The Morgan fingerprint density at radius 2 is 2.29 bits per heavy atom. The molecule has 4 rings (SSSR count). The number of rotatable bonds is 6. The molecule has 6 heteroatoms. The minimum atomic E-state index is 0.239. The zero-order valence-electron chi connectivity index (χ0n) is 13.7. The summed E-state index contributed by atoms with van der Waals surface area (Å²) in [6.07, 6.45) is 7.21. The Bertz CT molecular complexity index is 865. The minimum absolute atomic E-state index is 0.239. The van der Waals surface area contributed by atoms with Crippen LogP contribution in [0.1, 0.15) is 30.5 Å². The lowest BCUT2D eigenvalue weighted by Crippen LogP contribution is -2.33. The van der Waals surface area contributed by atoms with E-state index in [1.165, 1.54) is 10.3 Å². The van der Waals surface area contributed by atoms with Gasteiger partial charge in [0.05, 0.1) is 34.3 Å². The maximum absolute atomic E-state index is 12.7. The number of hydrogen-bond donors (Lipinski definition) is 0. The van der Waals surface area contributed by atoms with Gasteiger partial charge >= 0.3 is 0 Å². The fraction of sp³-hybridized carbons (Fsp3) is 0.389. The van der Waals surface area contributed by atoms with Crippen molar-refractivity contribution in [3.63, 3.8) is 0 Å². The van der Waals surface area contributed by atoms with Crippen molar-refractivity contribution >= 4 is 27.5 Å². The average Bonchev–Trinajstić information content (AvgIpc) is 3.17. The van der Waals surface area contributed by atoms with E-state index in [1.54, 1.807) is 17.7 Å². The number of aromatic nitrogens is 3. The SMILES string of the molecule is Cn1cncc1CN(C(=O)CCc1ccc2ncsc2c1)C1CC1. The number of aryl methyl sites for hydroxylation is 2. The molecule has 1 aromatic carbocycles. The third kappa shape index (κ3) is 3.19. The Balaban J connectivity index is 1.42. The first-order valence-electron chi connectivity index (χ1n) is 8.27. The number of carbonyl (C=O) groups excluding carboxylic acids is 1. The molecule has 124 valence electrons. The van der Waals surface area contributed by atoms with Crippen LogP contribution in [0.25, 0.3) is 10.2 Å². The summed E-state index contributed by atoms with van der Waals surface area (Å²) in [5, 5.41) is 0. The van der Waals surface area contributed by atoms with Gasteiger partial charge in [-0.05, 0) is 37.0 Å². The van der Waals surface area contributed by atoms with Gasteiger partial charge in [-0.1, -0.05) is 6.07 Å². The van der Waals surface area contributed by atoms with Gasteiger partial charge in [-0.25, -0.2) is 9.97 Å². The van der Waals surface area contributed by atoms with Crippen molar-refractivity contribution in [2.24, 2.45) is 7.05 Å². The van der Waals surface area contributed by atoms with E-state index in [-0.39, 0.29) is 5.91 Å². The summed E-state index contributed by atoms with van der Waals surface area (Å²) < 4.78 is 3.18. The molecule has 0 bridgehead atoms. The molecule has 1 aliphatic rings. The average molecular weight is 340 g/mol. The van der Waals surface area contributed by atoms with Crippen LogP contribution in [0.15, 0.2) is 36.2 Å². The first kappa shape index (κ1) is 15.3. The van der Waals surface area contributed by atoms with Gasteiger partial charge in [-0.2, -0.15) is 0 Å². The van der Waals surface area contributed by atoms with Crippen LogP contribution in [0.4, 0.5) is 0 Å². The lowest BCUT2D eigenvalue weighted by molar-refractivity contribution is -0.132. The molecule has 1 aliphatic carbocycles. The molecule has 0 saturated heterocycles. The van der Waals surface area contributed by atoms with E-state index in [0.29, 0.717) is 19.0 Å². The third-order valence-electron chi connectivity index (χ3n) is 4.58. The molecule has 0 radical (unpaired) electrons. The highest BCUT2D eigenvalue weighted by atomic mass is 32.1. The van der Waals surface area contributed by atoms with E-state index in [0.717, 1.165) is 30.5 Å². The van der Waals surface area contributed by atoms with Crippen LogP contribution >= 0.6 is 11.3 Å². The second-order valence-electron chi connectivity index (χ2n) is 6.40. The largest absolute Gasteiger partial charge is 0.336 e. The number of thiazole rings is 1. The van der Waals surface area contributed by atoms with Gasteiger partial charge in [0.2, 0.25) is 5.91 Å². The van der Waals surface area contributed by atoms with E-state index in [2.05, 4.69) is 22.1 Å². The Hall–Kier alpha value is -2.21. The van der Waals surface area contributed by atoms with Crippen molar-refractivity contribution in [1.82, 2.24) is 19.4 Å². The van der Waals surface area contributed by atoms with Gasteiger partial charge in [-0.15, -0.1) is 11.3 Å². The molecule has 0 aliphatic heterocycles. The summed E-state index contributed by atoms with van der Waals surface area (Å²) in [6, 6.07) is 6.69. The summed E-state index contributed by atoms with van der Waals surface area (Å²) in [7, 11) is 1.97. The second kappa shape index (κ2) is 6.36. The zero-order valence-corrected chi connectivity index (χ0v) is 14.5. The molecule has 0 unspecified atom stereocenters. The van der Waals surface area contributed by atoms with Crippen molar-refractivity contribution in [3.05, 3.63) is 47.5 Å². The Labute approximate surface area is 145 Å². The summed E-state index contributed by atoms with van der Waals surface area (Å²) in [6.45, 7) is 0.661. The third-order valence-corrected chi connectivity index (χ3v) is 5.37. The minimum Gasteiger partial charge on any atom is -0.336 e. The van der Waals surface area contributed by atoms with Gasteiger partial charge in [0.15, 0.2) is 0 Å². The van der Waals surface area contributed by atoms with Crippen molar-refractivity contribution in [2.75, 3.05) is 0 Å². The predicted molar refractivity (Wildman–Crippen MR) is 94.7 cm³/mol. The molecule has 0 N–H and O–H groups in total. The number of fused-ring (bicyclic) bond motifs is 1. The molecule has 1 saturated carbocycles. The zero-order chi connectivity index (χ0) is 16.5. The monoisotopic (exact) mass is 340 g/mol. The first-order valence-corrected chi connectivity index (χ1v) is 9.15. The normalized spacial score (nSPS) is 14.2. The topological polar surface area (TPSA) is 51.0 Å². The number of hydrogen-bond acceptors (Lipinski definition) is 4. The van der Waals surface area contributed by atoms with Crippen LogP contribution in [0.2, 0.25) is 0 Å². The highest BCUT2D eigenvalue weighted by molar-refractivity contribution is 7.16. The summed E-state index contributed by atoms with van der Waals surface area (Å²) in [5.41, 5.74) is 5.19. The van der Waals surface area contributed by atoms with Crippen LogP contribution in [-0.4, -0.2) is 31.4 Å². The number of nitrogens with zero attached hydrogens (tertiary/aromatic N) is 4. The summed E-state index contributed by atoms with van der Waals surface area (Å²) in [5.74, 6) is 0.239. The van der Waals surface area contributed by atoms with E-state index in [4.69, 9.17) is 0 Å². The van der Waals surface area contributed by atoms with Crippen molar-refractivity contribution in [2.45, 2.75) is 38.3 Å². The predicted octanol–water partition coefficient (Wildman–Crippen LogP) is 3.15. The van der Waals surface area contributed by atoms with Gasteiger partial charge in [-0.3, -0.25) is 4.79 Å². The van der Waals surface area contributed by atoms with Crippen LogP contribution in [0.5, 0.6) is 0 Å². The standard InChI is InChI=1S/C18H20N4OS/c1-21-11-19-9-15(21)10-22(14-4-5-14)18(23)7-3-13-2-6-16-17(8-13)24-12-20-16/h2,6,8-9,11-12,14H,3-5,7,10H2,1H3.